The minimum Gasteiger partial charge on any atom is -0.491 e. The molecule has 0 radical (unpaired) electrons. The monoisotopic (exact) mass is 404 g/mol. The molecule has 160 valence electrons. The van der Waals surface area contributed by atoms with Crippen LogP contribution in [0.4, 0.5) is 4.79 Å². The Bertz CT molecular complexity index is 730. The topological polar surface area (TPSA) is 68.3 Å². The number of piperidine rings is 1. The molecular weight excluding hydrogens is 372 g/mol. The number of methoxy groups -OCH3 is 1. The maximum absolute atomic E-state index is 12.9. The molecule has 2 atom stereocenters. The number of carbonyl (C=O) groups excluding carboxylic acids is 2. The van der Waals surface area contributed by atoms with Crippen LogP contribution in [0.2, 0.25) is 0 Å². The van der Waals surface area contributed by atoms with E-state index < -0.39 is 11.6 Å². The molecule has 1 aromatic rings. The van der Waals surface area contributed by atoms with Crippen molar-refractivity contribution in [2.45, 2.75) is 57.7 Å². The average Bonchev–Trinajstić information content (AvgIpc) is 2.70. The molecule has 2 aliphatic rings. The molecule has 1 aromatic carbocycles. The number of fused-ring (bicyclic) bond motifs is 1. The van der Waals surface area contributed by atoms with Gasteiger partial charge in [0.15, 0.2) is 0 Å². The SMILES string of the molecule is COC(=O)c1cccc(OCC2C3CCCCN3CCN2C(=O)OC(C)(C)C)c1. The fourth-order valence-electron chi connectivity index (χ4n) is 4.10. The molecule has 0 aliphatic carbocycles. The van der Waals surface area contributed by atoms with Gasteiger partial charge in [0.2, 0.25) is 0 Å². The van der Waals surface area contributed by atoms with Crippen molar-refractivity contribution in [3.63, 3.8) is 0 Å². The zero-order chi connectivity index (χ0) is 21.0. The van der Waals surface area contributed by atoms with Crippen LogP contribution in [0.15, 0.2) is 24.3 Å². The Kier molecular flexibility index (Phi) is 6.67. The van der Waals surface area contributed by atoms with Gasteiger partial charge in [-0.05, 0) is 58.4 Å². The van der Waals surface area contributed by atoms with Crippen LogP contribution in [-0.4, -0.2) is 72.9 Å². The van der Waals surface area contributed by atoms with E-state index in [1.165, 1.54) is 13.5 Å². The van der Waals surface area contributed by atoms with E-state index in [1.54, 1.807) is 18.2 Å². The van der Waals surface area contributed by atoms with Gasteiger partial charge >= 0.3 is 12.1 Å². The number of nitrogens with zero attached hydrogens (tertiary/aromatic N) is 2. The van der Waals surface area contributed by atoms with E-state index in [0.29, 0.717) is 24.5 Å². The predicted molar refractivity (Wildman–Crippen MR) is 109 cm³/mol. The Morgan fingerprint density at radius 1 is 1.14 bits per heavy atom. The normalized spacial score (nSPS) is 22.6. The second kappa shape index (κ2) is 9.03. The Labute approximate surface area is 172 Å². The third-order valence-corrected chi connectivity index (χ3v) is 5.44. The van der Waals surface area contributed by atoms with E-state index in [2.05, 4.69) is 4.90 Å². The lowest BCUT2D eigenvalue weighted by atomic mass is 9.92. The summed E-state index contributed by atoms with van der Waals surface area (Å²) in [5.74, 6) is 0.187. The lowest BCUT2D eigenvalue weighted by Gasteiger charge is -2.49. The van der Waals surface area contributed by atoms with Crippen molar-refractivity contribution in [2.75, 3.05) is 33.4 Å². The molecule has 0 aromatic heterocycles. The maximum atomic E-state index is 12.9. The van der Waals surface area contributed by atoms with Crippen molar-refractivity contribution in [1.82, 2.24) is 9.80 Å². The summed E-state index contributed by atoms with van der Waals surface area (Å²) in [6.45, 7) is 8.54. The first-order valence-corrected chi connectivity index (χ1v) is 10.3. The van der Waals surface area contributed by atoms with Crippen LogP contribution in [0.5, 0.6) is 5.75 Å². The number of hydrogen-bond donors (Lipinski definition) is 0. The summed E-state index contributed by atoms with van der Waals surface area (Å²) in [7, 11) is 1.36. The van der Waals surface area contributed by atoms with E-state index in [4.69, 9.17) is 14.2 Å². The van der Waals surface area contributed by atoms with Gasteiger partial charge in [0.1, 0.15) is 18.0 Å². The number of amides is 1. The number of benzene rings is 1. The Balaban J connectivity index is 1.75. The Morgan fingerprint density at radius 2 is 1.93 bits per heavy atom. The van der Waals surface area contributed by atoms with Crippen molar-refractivity contribution >= 4 is 12.1 Å². The first kappa shape index (κ1) is 21.4. The lowest BCUT2D eigenvalue weighted by molar-refractivity contribution is -0.0394. The molecule has 2 heterocycles. The maximum Gasteiger partial charge on any atom is 0.410 e. The summed E-state index contributed by atoms with van der Waals surface area (Å²) in [5, 5.41) is 0. The Morgan fingerprint density at radius 3 is 2.66 bits per heavy atom. The average molecular weight is 405 g/mol. The minimum atomic E-state index is -0.541. The second-order valence-electron chi connectivity index (χ2n) is 8.67. The zero-order valence-corrected chi connectivity index (χ0v) is 17.8. The summed E-state index contributed by atoms with van der Waals surface area (Å²) < 4.78 is 16.5. The smallest absolute Gasteiger partial charge is 0.410 e. The van der Waals surface area contributed by atoms with Crippen LogP contribution in [0, 0.1) is 0 Å². The molecule has 29 heavy (non-hydrogen) atoms. The number of ether oxygens (including phenoxy) is 3. The van der Waals surface area contributed by atoms with Gasteiger partial charge in [-0.25, -0.2) is 9.59 Å². The summed E-state index contributed by atoms with van der Waals surface area (Å²) in [5.41, 5.74) is -0.0990. The minimum absolute atomic E-state index is 0.0966. The van der Waals surface area contributed by atoms with Gasteiger partial charge in [0, 0.05) is 19.1 Å². The zero-order valence-electron chi connectivity index (χ0n) is 17.8. The van der Waals surface area contributed by atoms with Gasteiger partial charge in [-0.2, -0.15) is 0 Å². The van der Waals surface area contributed by atoms with E-state index in [1.807, 2.05) is 31.7 Å². The van der Waals surface area contributed by atoms with Gasteiger partial charge < -0.3 is 14.2 Å². The van der Waals surface area contributed by atoms with Gasteiger partial charge in [-0.15, -0.1) is 0 Å². The number of rotatable bonds is 4. The third-order valence-electron chi connectivity index (χ3n) is 5.44. The number of piperazine rings is 1. The molecule has 0 bridgehead atoms. The van der Waals surface area contributed by atoms with Crippen LogP contribution >= 0.6 is 0 Å². The molecule has 0 N–H and O–H groups in total. The largest absolute Gasteiger partial charge is 0.491 e. The van der Waals surface area contributed by atoms with E-state index in [0.717, 1.165) is 25.9 Å². The number of carbonyl (C=O) groups is 2. The van der Waals surface area contributed by atoms with Crippen molar-refractivity contribution in [1.29, 1.82) is 0 Å². The molecule has 7 heteroatoms. The number of esters is 1. The van der Waals surface area contributed by atoms with Crippen LogP contribution in [-0.2, 0) is 9.47 Å². The molecule has 2 aliphatic heterocycles. The van der Waals surface area contributed by atoms with Crippen molar-refractivity contribution in [3.05, 3.63) is 29.8 Å². The van der Waals surface area contributed by atoms with Gasteiger partial charge in [0.05, 0.1) is 18.7 Å². The Hall–Kier alpha value is -2.28. The van der Waals surface area contributed by atoms with E-state index in [9.17, 15) is 9.59 Å². The standard InChI is InChI=1S/C22H32N2O5/c1-22(2,3)29-21(26)24-13-12-23-11-6-5-10-18(23)19(24)15-28-17-9-7-8-16(14-17)20(25)27-4/h7-9,14,18-19H,5-6,10-13,15H2,1-4H3. The number of hydrogen-bond acceptors (Lipinski definition) is 6. The fourth-order valence-corrected chi connectivity index (χ4v) is 4.10. The van der Waals surface area contributed by atoms with Crippen molar-refractivity contribution < 1.29 is 23.8 Å². The van der Waals surface area contributed by atoms with Gasteiger partial charge in [0.25, 0.3) is 0 Å². The summed E-state index contributed by atoms with van der Waals surface area (Å²) in [6.07, 6.45) is 3.09. The molecule has 2 saturated heterocycles. The van der Waals surface area contributed by atoms with E-state index >= 15 is 0 Å². The molecule has 0 spiro atoms. The van der Waals surface area contributed by atoms with Crippen molar-refractivity contribution in [2.24, 2.45) is 0 Å². The molecule has 2 unspecified atom stereocenters. The highest BCUT2D eigenvalue weighted by atomic mass is 16.6. The highest BCUT2D eigenvalue weighted by Crippen LogP contribution is 2.28. The van der Waals surface area contributed by atoms with E-state index in [-0.39, 0.29) is 18.2 Å². The highest BCUT2D eigenvalue weighted by molar-refractivity contribution is 5.89. The van der Waals surface area contributed by atoms with Crippen LogP contribution in [0.1, 0.15) is 50.4 Å². The highest BCUT2D eigenvalue weighted by Gasteiger charge is 2.41. The molecule has 0 saturated carbocycles. The predicted octanol–water partition coefficient (Wildman–Crippen LogP) is 3.33. The molecule has 2 fully saturated rings. The summed E-state index contributed by atoms with van der Waals surface area (Å²) in [6, 6.07) is 7.10. The first-order valence-electron chi connectivity index (χ1n) is 10.3. The van der Waals surface area contributed by atoms with Crippen molar-refractivity contribution in [3.8, 4) is 5.75 Å². The fraction of sp³-hybridized carbons (Fsp3) is 0.636. The third kappa shape index (κ3) is 5.41. The van der Waals surface area contributed by atoms with Crippen LogP contribution < -0.4 is 4.74 Å². The molecule has 1 amide bonds. The summed E-state index contributed by atoms with van der Waals surface area (Å²) >= 11 is 0. The molecule has 7 nitrogen and oxygen atoms in total. The summed E-state index contributed by atoms with van der Waals surface area (Å²) in [4.78, 5) is 28.9. The van der Waals surface area contributed by atoms with Gasteiger partial charge in [-0.3, -0.25) is 9.80 Å². The van der Waals surface area contributed by atoms with Gasteiger partial charge in [-0.1, -0.05) is 12.5 Å². The first-order chi connectivity index (χ1) is 13.8. The molecule has 3 rings (SSSR count). The van der Waals surface area contributed by atoms with Crippen LogP contribution in [0.3, 0.4) is 0 Å². The second-order valence-corrected chi connectivity index (χ2v) is 8.67. The quantitative estimate of drug-likeness (QED) is 0.717. The lowest BCUT2D eigenvalue weighted by Crippen LogP contribution is -2.64. The van der Waals surface area contributed by atoms with Crippen LogP contribution in [0.25, 0.3) is 0 Å². The molecular formula is C22H32N2O5.